The van der Waals surface area contributed by atoms with Crippen LogP contribution < -0.4 is 5.73 Å². The summed E-state index contributed by atoms with van der Waals surface area (Å²) in [5.74, 6) is -2.41. The number of carbonyl (C=O) groups is 1. The number of aliphatic hydroxyl groups excluding tert-OH is 1. The monoisotopic (exact) mass is 196 g/mol. The van der Waals surface area contributed by atoms with Crippen LogP contribution in [0.25, 0.3) is 0 Å². The lowest BCUT2D eigenvalue weighted by molar-refractivity contribution is -0.115. The zero-order valence-electron chi connectivity index (χ0n) is 6.57. The fourth-order valence-electron chi connectivity index (χ4n) is 0.624. The lowest BCUT2D eigenvalue weighted by atomic mass is 10.1. The fourth-order valence-corrected chi connectivity index (χ4v) is 0.624. The molecule has 0 bridgehead atoms. The minimum atomic E-state index is -4.99. The maximum absolute atomic E-state index is 11.8. The highest BCUT2D eigenvalue weighted by atomic mass is 19.4. The van der Waals surface area contributed by atoms with Crippen molar-refractivity contribution in [1.82, 2.24) is 0 Å². The van der Waals surface area contributed by atoms with Gasteiger partial charge in [-0.2, -0.15) is 13.2 Å². The Morgan fingerprint density at radius 1 is 1.46 bits per heavy atom. The Hall–Kier alpha value is -1.53. The normalized spacial score (nSPS) is 13.5. The van der Waals surface area contributed by atoms with E-state index in [1.54, 1.807) is 0 Å². The molecular weight excluding hydrogens is 189 g/mol. The summed E-state index contributed by atoms with van der Waals surface area (Å²) in [4.78, 5) is 10.4. The number of rotatable bonds is 2. The average molecular weight is 196 g/mol. The number of carbonyl (C=O) groups excluding carboxylic acids is 1. The van der Waals surface area contributed by atoms with Gasteiger partial charge in [-0.15, -0.1) is 0 Å². The standard InChI is InChI=1S/C6H7F3N2O2/c1-2(12)3(5(11)13)4(10)6(7,8)9/h10,12H,1H3,(H2,11,13)/b3-2+,10-4?. The molecule has 0 aromatic rings. The van der Waals surface area contributed by atoms with Crippen molar-refractivity contribution in [2.75, 3.05) is 0 Å². The second-order valence-electron chi connectivity index (χ2n) is 2.20. The van der Waals surface area contributed by atoms with E-state index in [0.29, 0.717) is 0 Å². The number of aliphatic hydroxyl groups is 1. The van der Waals surface area contributed by atoms with Crippen molar-refractivity contribution < 1.29 is 23.1 Å². The third-order valence-electron chi connectivity index (χ3n) is 1.14. The number of allylic oxidation sites excluding steroid dienone is 1. The van der Waals surface area contributed by atoms with Crippen LogP contribution in [-0.4, -0.2) is 22.9 Å². The van der Waals surface area contributed by atoms with Gasteiger partial charge in [0.15, 0.2) is 5.71 Å². The molecule has 74 valence electrons. The van der Waals surface area contributed by atoms with Crippen molar-refractivity contribution in [2.24, 2.45) is 5.73 Å². The first-order chi connectivity index (χ1) is 5.68. The van der Waals surface area contributed by atoms with Crippen LogP contribution in [0.2, 0.25) is 0 Å². The van der Waals surface area contributed by atoms with Gasteiger partial charge in [-0.1, -0.05) is 0 Å². The highest BCUT2D eigenvalue weighted by Gasteiger charge is 2.39. The molecule has 0 aliphatic carbocycles. The van der Waals surface area contributed by atoms with Crippen molar-refractivity contribution in [3.63, 3.8) is 0 Å². The van der Waals surface area contributed by atoms with Crippen LogP contribution in [-0.2, 0) is 4.79 Å². The summed E-state index contributed by atoms with van der Waals surface area (Å²) in [6, 6.07) is 0. The van der Waals surface area contributed by atoms with Crippen LogP contribution in [0.4, 0.5) is 13.2 Å². The molecule has 0 atom stereocenters. The molecule has 0 fully saturated rings. The van der Waals surface area contributed by atoms with Gasteiger partial charge in [-0.3, -0.25) is 10.2 Å². The first kappa shape index (κ1) is 11.5. The molecule has 4 N–H and O–H groups in total. The van der Waals surface area contributed by atoms with Gasteiger partial charge in [0.2, 0.25) is 0 Å². The van der Waals surface area contributed by atoms with Crippen molar-refractivity contribution in [2.45, 2.75) is 13.1 Å². The Kier molecular flexibility index (Phi) is 3.05. The Balaban J connectivity index is 5.16. The molecule has 0 heterocycles. The number of alkyl halides is 3. The van der Waals surface area contributed by atoms with Crippen LogP contribution in [0.15, 0.2) is 11.3 Å². The third-order valence-corrected chi connectivity index (χ3v) is 1.14. The number of nitrogens with one attached hydrogen (secondary N) is 1. The van der Waals surface area contributed by atoms with Crippen LogP contribution in [0.1, 0.15) is 6.92 Å². The van der Waals surface area contributed by atoms with E-state index in [2.05, 4.69) is 5.73 Å². The molecule has 0 aliphatic rings. The number of hydrogen-bond donors (Lipinski definition) is 3. The van der Waals surface area contributed by atoms with Crippen molar-refractivity contribution in [1.29, 1.82) is 5.41 Å². The highest BCUT2D eigenvalue weighted by molar-refractivity contribution is 6.22. The van der Waals surface area contributed by atoms with E-state index in [0.717, 1.165) is 6.92 Å². The highest BCUT2D eigenvalue weighted by Crippen LogP contribution is 2.22. The van der Waals surface area contributed by atoms with Gasteiger partial charge in [0, 0.05) is 0 Å². The van der Waals surface area contributed by atoms with E-state index < -0.39 is 29.1 Å². The summed E-state index contributed by atoms with van der Waals surface area (Å²) in [6.07, 6.45) is -4.99. The van der Waals surface area contributed by atoms with E-state index in [1.807, 2.05) is 0 Å². The van der Waals surface area contributed by atoms with Gasteiger partial charge in [0.1, 0.15) is 11.3 Å². The van der Waals surface area contributed by atoms with Crippen molar-refractivity contribution >= 4 is 11.6 Å². The SMILES string of the molecule is C/C(O)=C(/C(=N)C(F)(F)F)C(N)=O. The summed E-state index contributed by atoms with van der Waals surface area (Å²) in [5, 5.41) is 15.2. The summed E-state index contributed by atoms with van der Waals surface area (Å²) >= 11 is 0. The quantitative estimate of drug-likeness (QED) is 0.348. The zero-order chi connectivity index (χ0) is 10.8. The van der Waals surface area contributed by atoms with Gasteiger partial charge in [-0.25, -0.2) is 0 Å². The predicted octanol–water partition coefficient (Wildman–Crippen LogP) is 0.886. The maximum atomic E-state index is 11.8. The van der Waals surface area contributed by atoms with Gasteiger partial charge < -0.3 is 10.8 Å². The van der Waals surface area contributed by atoms with Crippen LogP contribution >= 0.6 is 0 Å². The first-order valence-electron chi connectivity index (χ1n) is 3.03. The maximum Gasteiger partial charge on any atom is 0.433 e. The van der Waals surface area contributed by atoms with E-state index in [-0.39, 0.29) is 0 Å². The molecular formula is C6H7F3N2O2. The van der Waals surface area contributed by atoms with Crippen molar-refractivity contribution in [3.05, 3.63) is 11.3 Å². The van der Waals surface area contributed by atoms with E-state index in [1.165, 1.54) is 0 Å². The van der Waals surface area contributed by atoms with Gasteiger partial charge in [-0.05, 0) is 6.92 Å². The fraction of sp³-hybridized carbons (Fsp3) is 0.333. The van der Waals surface area contributed by atoms with Gasteiger partial charge in [0.05, 0.1) is 0 Å². The topological polar surface area (TPSA) is 87.2 Å². The van der Waals surface area contributed by atoms with E-state index >= 15 is 0 Å². The number of hydrogen-bond acceptors (Lipinski definition) is 3. The molecule has 1 amide bonds. The number of amides is 1. The summed E-state index contributed by atoms with van der Waals surface area (Å²) in [7, 11) is 0. The van der Waals surface area contributed by atoms with Crippen LogP contribution in [0.3, 0.4) is 0 Å². The molecule has 4 nitrogen and oxygen atoms in total. The van der Waals surface area contributed by atoms with E-state index in [4.69, 9.17) is 10.5 Å². The van der Waals surface area contributed by atoms with Gasteiger partial charge >= 0.3 is 6.18 Å². The van der Waals surface area contributed by atoms with Crippen LogP contribution in [0, 0.1) is 5.41 Å². The lowest BCUT2D eigenvalue weighted by Gasteiger charge is -2.09. The second-order valence-corrected chi connectivity index (χ2v) is 2.20. The minimum Gasteiger partial charge on any atom is -0.512 e. The molecule has 0 saturated heterocycles. The summed E-state index contributed by atoms with van der Waals surface area (Å²) in [6.45, 7) is 0.848. The largest absolute Gasteiger partial charge is 0.512 e. The average Bonchev–Trinajstić information content (AvgIpc) is 1.82. The Labute approximate surface area is 71.4 Å². The molecule has 0 aromatic heterocycles. The third kappa shape index (κ3) is 2.77. The molecule has 13 heavy (non-hydrogen) atoms. The van der Waals surface area contributed by atoms with Crippen LogP contribution in [0.5, 0.6) is 0 Å². The summed E-state index contributed by atoms with van der Waals surface area (Å²) < 4.78 is 35.5. The molecule has 0 saturated carbocycles. The number of nitrogens with two attached hydrogens (primary N) is 1. The Morgan fingerprint density at radius 2 is 1.85 bits per heavy atom. The number of halogens is 3. The second kappa shape index (κ2) is 3.46. The molecule has 0 spiro atoms. The smallest absolute Gasteiger partial charge is 0.433 e. The molecule has 0 aliphatic heterocycles. The molecule has 7 heteroatoms. The first-order valence-corrected chi connectivity index (χ1v) is 3.03. The minimum absolute atomic E-state index is 0.848. The lowest BCUT2D eigenvalue weighted by Crippen LogP contribution is -2.31. The Morgan fingerprint density at radius 3 is 1.92 bits per heavy atom. The molecule has 0 aromatic carbocycles. The number of primary amides is 1. The molecule has 0 unspecified atom stereocenters. The predicted molar refractivity (Wildman–Crippen MR) is 38.3 cm³/mol. The molecule has 0 rings (SSSR count). The molecule has 0 radical (unpaired) electrons. The Bertz CT molecular complexity index is 276. The summed E-state index contributed by atoms with van der Waals surface area (Å²) in [5.41, 5.74) is 1.38. The van der Waals surface area contributed by atoms with Crippen molar-refractivity contribution in [3.8, 4) is 0 Å². The zero-order valence-corrected chi connectivity index (χ0v) is 6.57. The van der Waals surface area contributed by atoms with E-state index in [9.17, 15) is 18.0 Å². The van der Waals surface area contributed by atoms with Gasteiger partial charge in [0.25, 0.3) is 5.91 Å².